The minimum Gasteiger partial charge on any atom is -0.496 e. The van der Waals surface area contributed by atoms with Crippen molar-refractivity contribution in [2.45, 2.75) is 25.7 Å². The molecule has 2 aromatic heterocycles. The van der Waals surface area contributed by atoms with Gasteiger partial charge in [-0.2, -0.15) is 0 Å². The second-order valence-electron chi connectivity index (χ2n) is 7.65. The van der Waals surface area contributed by atoms with Gasteiger partial charge in [-0.05, 0) is 55.2 Å². The number of nitrogen functional groups attached to an aromatic ring is 1. The van der Waals surface area contributed by atoms with E-state index in [4.69, 9.17) is 10.5 Å². The summed E-state index contributed by atoms with van der Waals surface area (Å²) in [4.78, 5) is 21.2. The fourth-order valence-electron chi connectivity index (χ4n) is 4.40. The molecule has 7 nitrogen and oxygen atoms in total. The maximum atomic E-state index is 12.5. The number of aryl methyl sites for hydroxylation is 1. The molecule has 156 valence electrons. The molecule has 4 aromatic rings. The van der Waals surface area contributed by atoms with Crippen LogP contribution in [0.4, 0.5) is 11.5 Å². The van der Waals surface area contributed by atoms with E-state index in [0.717, 1.165) is 47.2 Å². The maximum absolute atomic E-state index is 12.5. The van der Waals surface area contributed by atoms with Gasteiger partial charge in [-0.15, -0.1) is 0 Å². The van der Waals surface area contributed by atoms with Crippen molar-refractivity contribution in [1.82, 2.24) is 14.5 Å². The molecule has 1 aliphatic carbocycles. The Balaban J connectivity index is 1.41. The van der Waals surface area contributed by atoms with Gasteiger partial charge in [-0.25, -0.2) is 9.97 Å². The van der Waals surface area contributed by atoms with Gasteiger partial charge >= 0.3 is 0 Å². The van der Waals surface area contributed by atoms with Gasteiger partial charge in [0.2, 0.25) is 5.91 Å². The first kappa shape index (κ1) is 19.1. The van der Waals surface area contributed by atoms with Crippen LogP contribution in [0.15, 0.2) is 54.9 Å². The van der Waals surface area contributed by atoms with Crippen molar-refractivity contribution in [3.8, 4) is 11.4 Å². The number of benzene rings is 2. The molecule has 2 aromatic carbocycles. The van der Waals surface area contributed by atoms with E-state index in [2.05, 4.69) is 19.9 Å². The Labute approximate surface area is 179 Å². The Hall–Kier alpha value is -3.87. The minimum absolute atomic E-state index is 0.0952. The average Bonchev–Trinajstić information content (AvgIpc) is 3.37. The van der Waals surface area contributed by atoms with Crippen molar-refractivity contribution in [2.75, 3.05) is 18.2 Å². The van der Waals surface area contributed by atoms with Gasteiger partial charge in [-0.3, -0.25) is 4.79 Å². The normalized spacial score (nSPS) is 12.7. The van der Waals surface area contributed by atoms with Crippen LogP contribution in [-0.4, -0.2) is 27.6 Å². The number of nitrogens with one attached hydrogen (secondary N) is 1. The van der Waals surface area contributed by atoms with Gasteiger partial charge in [0.15, 0.2) is 5.82 Å². The van der Waals surface area contributed by atoms with Crippen LogP contribution in [0.5, 0.6) is 5.75 Å². The van der Waals surface area contributed by atoms with Crippen LogP contribution in [-0.2, 0) is 24.1 Å². The number of rotatable bonds is 5. The zero-order chi connectivity index (χ0) is 21.4. The standard InChI is InChI=1S/C24H23N5O2/c1-31-20-8-3-2-5-15(20)13-21(30)28-16-9-11-17(12-10-16)29-19-7-4-6-18(19)22-23(29)24(25)27-14-26-22/h2-3,5,8-12,14H,4,6-7,13H2,1H3,(H,28,30)(H2,25,26,27). The van der Waals surface area contributed by atoms with E-state index in [1.807, 2.05) is 48.5 Å². The quantitative estimate of drug-likeness (QED) is 0.520. The molecule has 7 heteroatoms. The molecule has 0 aliphatic heterocycles. The number of nitrogens with zero attached hydrogens (tertiary/aromatic N) is 3. The van der Waals surface area contributed by atoms with Crippen LogP contribution < -0.4 is 15.8 Å². The molecule has 0 radical (unpaired) electrons. The highest BCUT2D eigenvalue weighted by Gasteiger charge is 2.25. The summed E-state index contributed by atoms with van der Waals surface area (Å²) in [6.07, 6.45) is 4.88. The lowest BCUT2D eigenvalue weighted by atomic mass is 10.1. The van der Waals surface area contributed by atoms with Gasteiger partial charge in [0.1, 0.15) is 17.6 Å². The molecule has 5 rings (SSSR count). The molecule has 1 amide bonds. The smallest absolute Gasteiger partial charge is 0.228 e. The highest BCUT2D eigenvalue weighted by atomic mass is 16.5. The molecular formula is C24H23N5O2. The second kappa shape index (κ2) is 7.75. The summed E-state index contributed by atoms with van der Waals surface area (Å²) < 4.78 is 7.49. The summed E-state index contributed by atoms with van der Waals surface area (Å²) in [5.74, 6) is 1.09. The lowest BCUT2D eigenvalue weighted by molar-refractivity contribution is -0.115. The predicted molar refractivity (Wildman–Crippen MR) is 121 cm³/mol. The van der Waals surface area contributed by atoms with E-state index in [1.165, 1.54) is 17.6 Å². The lowest BCUT2D eigenvalue weighted by Gasteiger charge is -2.12. The Morgan fingerprint density at radius 1 is 1.13 bits per heavy atom. The van der Waals surface area contributed by atoms with Gasteiger partial charge in [0.25, 0.3) is 0 Å². The summed E-state index contributed by atoms with van der Waals surface area (Å²) in [5, 5.41) is 2.96. The molecular weight excluding hydrogens is 390 g/mol. The average molecular weight is 413 g/mol. The summed E-state index contributed by atoms with van der Waals surface area (Å²) >= 11 is 0. The van der Waals surface area contributed by atoms with Gasteiger partial charge in [-0.1, -0.05) is 18.2 Å². The number of carbonyl (C=O) groups is 1. The van der Waals surface area contributed by atoms with Crippen molar-refractivity contribution < 1.29 is 9.53 Å². The number of nitrogens with two attached hydrogens (primary N) is 1. The number of methoxy groups -OCH3 is 1. The summed E-state index contributed by atoms with van der Waals surface area (Å²) in [6, 6.07) is 15.3. The number of ether oxygens (including phenoxy) is 1. The SMILES string of the molecule is COc1ccccc1CC(=O)Nc1ccc(-n2c3c(c4ncnc(N)c42)CCC3)cc1. The third-order valence-corrected chi connectivity index (χ3v) is 5.77. The van der Waals surface area contributed by atoms with E-state index in [0.29, 0.717) is 11.6 Å². The number of amides is 1. The molecule has 0 atom stereocenters. The zero-order valence-electron chi connectivity index (χ0n) is 17.3. The second-order valence-corrected chi connectivity index (χ2v) is 7.65. The zero-order valence-corrected chi connectivity index (χ0v) is 17.3. The largest absolute Gasteiger partial charge is 0.496 e. The van der Waals surface area contributed by atoms with Gasteiger partial charge in [0, 0.05) is 22.6 Å². The predicted octanol–water partition coefficient (Wildman–Crippen LogP) is 3.68. The minimum atomic E-state index is -0.0952. The van der Waals surface area contributed by atoms with Crippen LogP contribution >= 0.6 is 0 Å². The van der Waals surface area contributed by atoms with Crippen molar-refractivity contribution >= 4 is 28.4 Å². The molecule has 2 heterocycles. The molecule has 0 bridgehead atoms. The molecule has 0 spiro atoms. The first-order valence-corrected chi connectivity index (χ1v) is 10.3. The monoisotopic (exact) mass is 413 g/mol. The van der Waals surface area contributed by atoms with Crippen LogP contribution in [0, 0.1) is 0 Å². The Morgan fingerprint density at radius 2 is 1.94 bits per heavy atom. The van der Waals surface area contributed by atoms with Crippen LogP contribution in [0.2, 0.25) is 0 Å². The molecule has 0 saturated carbocycles. The van der Waals surface area contributed by atoms with E-state index >= 15 is 0 Å². The first-order valence-electron chi connectivity index (χ1n) is 10.3. The van der Waals surface area contributed by atoms with E-state index in [-0.39, 0.29) is 12.3 Å². The number of carbonyl (C=O) groups excluding carboxylic acids is 1. The number of fused-ring (bicyclic) bond motifs is 3. The third kappa shape index (κ3) is 3.38. The molecule has 31 heavy (non-hydrogen) atoms. The number of para-hydroxylation sites is 1. The number of anilines is 2. The number of aromatic nitrogens is 3. The van der Waals surface area contributed by atoms with Gasteiger partial charge in [0.05, 0.1) is 19.0 Å². The fraction of sp³-hybridized carbons (Fsp3) is 0.208. The Morgan fingerprint density at radius 3 is 2.74 bits per heavy atom. The highest BCUT2D eigenvalue weighted by molar-refractivity contribution is 5.93. The molecule has 0 unspecified atom stereocenters. The van der Waals surface area contributed by atoms with Crippen LogP contribution in [0.25, 0.3) is 16.7 Å². The summed E-state index contributed by atoms with van der Waals surface area (Å²) in [6.45, 7) is 0. The first-order chi connectivity index (χ1) is 15.2. The molecule has 0 fully saturated rings. The van der Waals surface area contributed by atoms with Crippen molar-refractivity contribution in [3.05, 3.63) is 71.7 Å². The van der Waals surface area contributed by atoms with E-state index < -0.39 is 0 Å². The summed E-state index contributed by atoms with van der Waals surface area (Å²) in [5.41, 5.74) is 13.1. The van der Waals surface area contributed by atoms with Crippen LogP contribution in [0.1, 0.15) is 23.2 Å². The lowest BCUT2D eigenvalue weighted by Crippen LogP contribution is -2.15. The Bertz CT molecular complexity index is 1280. The highest BCUT2D eigenvalue weighted by Crippen LogP contribution is 2.36. The Kier molecular flexibility index (Phi) is 4.78. The van der Waals surface area contributed by atoms with Crippen molar-refractivity contribution in [1.29, 1.82) is 0 Å². The molecule has 1 aliphatic rings. The maximum Gasteiger partial charge on any atom is 0.228 e. The number of hydrogen-bond donors (Lipinski definition) is 2. The molecule has 3 N–H and O–H groups in total. The van der Waals surface area contributed by atoms with Crippen molar-refractivity contribution in [3.63, 3.8) is 0 Å². The number of hydrogen-bond acceptors (Lipinski definition) is 5. The molecule has 0 saturated heterocycles. The van der Waals surface area contributed by atoms with Crippen molar-refractivity contribution in [2.24, 2.45) is 0 Å². The topological polar surface area (TPSA) is 95.1 Å². The third-order valence-electron chi connectivity index (χ3n) is 5.77. The van der Waals surface area contributed by atoms with Gasteiger partial charge < -0.3 is 20.4 Å². The van der Waals surface area contributed by atoms with Crippen LogP contribution in [0.3, 0.4) is 0 Å². The fourth-order valence-corrected chi connectivity index (χ4v) is 4.40. The van der Waals surface area contributed by atoms with E-state index in [9.17, 15) is 4.79 Å². The van der Waals surface area contributed by atoms with E-state index in [1.54, 1.807) is 7.11 Å². The summed E-state index contributed by atoms with van der Waals surface area (Å²) in [7, 11) is 1.61.